The number of nitrogens with one attached hydrogen (secondary N) is 1. The van der Waals surface area contributed by atoms with Crippen LogP contribution in [0.5, 0.6) is 0 Å². The van der Waals surface area contributed by atoms with E-state index in [0.29, 0.717) is 18.8 Å². The van der Waals surface area contributed by atoms with Crippen LogP contribution in [0.2, 0.25) is 0 Å². The van der Waals surface area contributed by atoms with Crippen LogP contribution in [0.15, 0.2) is 29.2 Å². The van der Waals surface area contributed by atoms with E-state index >= 15 is 0 Å². The number of primary sulfonamides is 1. The number of nitrogens with two attached hydrogens (primary N) is 1. The van der Waals surface area contributed by atoms with Gasteiger partial charge >= 0.3 is 0 Å². The smallest absolute Gasteiger partial charge is 0.240 e. The Morgan fingerprint density at radius 1 is 1.41 bits per heavy atom. The van der Waals surface area contributed by atoms with E-state index in [-0.39, 0.29) is 11.0 Å². The van der Waals surface area contributed by atoms with E-state index in [1.165, 1.54) is 6.07 Å². The van der Waals surface area contributed by atoms with Crippen LogP contribution in [0, 0.1) is 0 Å². The summed E-state index contributed by atoms with van der Waals surface area (Å²) in [6.45, 7) is 4.98. The van der Waals surface area contributed by atoms with Crippen molar-refractivity contribution in [3.05, 3.63) is 24.3 Å². The molecule has 0 aliphatic heterocycles. The Morgan fingerprint density at radius 3 is 2.65 bits per heavy atom. The van der Waals surface area contributed by atoms with Gasteiger partial charge in [-0.3, -0.25) is 0 Å². The lowest BCUT2D eigenvalue weighted by Crippen LogP contribution is -2.22. The number of para-hydroxylation sites is 1. The van der Waals surface area contributed by atoms with Gasteiger partial charge in [-0.1, -0.05) is 12.1 Å². The molecule has 1 unspecified atom stereocenters. The van der Waals surface area contributed by atoms with E-state index in [1.807, 2.05) is 13.8 Å². The number of hydrogen-bond donors (Lipinski definition) is 2. The van der Waals surface area contributed by atoms with Gasteiger partial charge in [-0.2, -0.15) is 0 Å². The minimum Gasteiger partial charge on any atom is -0.381 e. The van der Waals surface area contributed by atoms with Gasteiger partial charge in [-0.05, 0) is 26.0 Å². The molecule has 5 nitrogen and oxygen atoms in total. The van der Waals surface area contributed by atoms with Gasteiger partial charge in [-0.25, -0.2) is 13.6 Å². The minimum absolute atomic E-state index is 0.00790. The molecule has 0 spiro atoms. The highest BCUT2D eigenvalue weighted by molar-refractivity contribution is 7.89. The number of ether oxygens (including phenoxy) is 1. The second-order valence-electron chi connectivity index (χ2n) is 3.69. The second-order valence-corrected chi connectivity index (χ2v) is 5.22. The fourth-order valence-electron chi connectivity index (χ4n) is 1.46. The summed E-state index contributed by atoms with van der Waals surface area (Å²) in [7, 11) is -3.70. The lowest BCUT2D eigenvalue weighted by atomic mass is 10.3. The van der Waals surface area contributed by atoms with Crippen LogP contribution in [0.25, 0.3) is 0 Å². The molecule has 6 heteroatoms. The lowest BCUT2D eigenvalue weighted by molar-refractivity contribution is 0.0855. The number of benzene rings is 1. The predicted molar refractivity (Wildman–Crippen MR) is 67.4 cm³/mol. The van der Waals surface area contributed by atoms with Crippen molar-refractivity contribution in [3.63, 3.8) is 0 Å². The Morgan fingerprint density at radius 2 is 2.06 bits per heavy atom. The first kappa shape index (κ1) is 14.0. The van der Waals surface area contributed by atoms with Crippen molar-refractivity contribution in [1.29, 1.82) is 0 Å². The second kappa shape index (κ2) is 6.00. The Balaban J connectivity index is 2.78. The van der Waals surface area contributed by atoms with Gasteiger partial charge in [0.25, 0.3) is 0 Å². The van der Waals surface area contributed by atoms with Crippen molar-refractivity contribution >= 4 is 15.7 Å². The minimum atomic E-state index is -3.70. The summed E-state index contributed by atoms with van der Waals surface area (Å²) in [5.74, 6) is 0. The van der Waals surface area contributed by atoms with Gasteiger partial charge in [0.1, 0.15) is 4.90 Å². The first-order valence-corrected chi connectivity index (χ1v) is 6.97. The molecule has 0 heterocycles. The predicted octanol–water partition coefficient (Wildman–Crippen LogP) is 1.17. The molecule has 1 rings (SSSR count). The van der Waals surface area contributed by atoms with Gasteiger partial charge in [0.2, 0.25) is 10.0 Å². The summed E-state index contributed by atoms with van der Waals surface area (Å²) in [5, 5.41) is 8.14. The molecule has 0 aliphatic carbocycles. The average molecular weight is 258 g/mol. The van der Waals surface area contributed by atoms with Crippen molar-refractivity contribution < 1.29 is 13.2 Å². The molecular formula is C11H18N2O3S. The number of rotatable bonds is 6. The highest BCUT2D eigenvalue weighted by atomic mass is 32.2. The van der Waals surface area contributed by atoms with E-state index in [4.69, 9.17) is 9.88 Å². The first-order valence-electron chi connectivity index (χ1n) is 5.42. The number of hydrogen-bond acceptors (Lipinski definition) is 4. The SMILES string of the molecule is CCOC(C)CNc1ccccc1S(N)(=O)=O. The highest BCUT2D eigenvalue weighted by Crippen LogP contribution is 2.19. The van der Waals surface area contributed by atoms with Crippen molar-refractivity contribution in [2.45, 2.75) is 24.8 Å². The Labute approximate surface area is 102 Å². The quantitative estimate of drug-likeness (QED) is 0.802. The summed E-state index contributed by atoms with van der Waals surface area (Å²) in [6, 6.07) is 6.54. The van der Waals surface area contributed by atoms with E-state index < -0.39 is 10.0 Å². The van der Waals surface area contributed by atoms with E-state index in [1.54, 1.807) is 18.2 Å². The van der Waals surface area contributed by atoms with Crippen LogP contribution < -0.4 is 10.5 Å². The molecule has 96 valence electrons. The molecule has 0 radical (unpaired) electrons. The molecule has 1 atom stereocenters. The van der Waals surface area contributed by atoms with Crippen molar-refractivity contribution in [3.8, 4) is 0 Å². The maximum absolute atomic E-state index is 11.3. The maximum atomic E-state index is 11.3. The molecule has 0 saturated carbocycles. The van der Waals surface area contributed by atoms with Crippen molar-refractivity contribution in [1.82, 2.24) is 0 Å². The molecular weight excluding hydrogens is 240 g/mol. The molecule has 1 aromatic rings. The third-order valence-corrected chi connectivity index (χ3v) is 3.19. The highest BCUT2D eigenvalue weighted by Gasteiger charge is 2.13. The largest absolute Gasteiger partial charge is 0.381 e. The molecule has 3 N–H and O–H groups in total. The van der Waals surface area contributed by atoms with Crippen molar-refractivity contribution in [2.75, 3.05) is 18.5 Å². The topological polar surface area (TPSA) is 81.4 Å². The summed E-state index contributed by atoms with van der Waals surface area (Å²) in [4.78, 5) is 0.101. The van der Waals surface area contributed by atoms with Crippen LogP contribution in [-0.2, 0) is 14.8 Å². The summed E-state index contributed by atoms with van der Waals surface area (Å²) in [6.07, 6.45) is 0.00790. The Kier molecular flexibility index (Phi) is 4.92. The zero-order valence-electron chi connectivity index (χ0n) is 10.0. The molecule has 0 saturated heterocycles. The Hall–Kier alpha value is -1.11. The monoisotopic (exact) mass is 258 g/mol. The normalized spacial score (nSPS) is 13.4. The summed E-state index contributed by atoms with van der Waals surface area (Å²) < 4.78 is 28.0. The zero-order chi connectivity index (χ0) is 12.9. The Bertz CT molecular complexity index is 460. The van der Waals surface area contributed by atoms with Crippen LogP contribution in [0.4, 0.5) is 5.69 Å². The molecule has 17 heavy (non-hydrogen) atoms. The number of sulfonamides is 1. The fourth-order valence-corrected chi connectivity index (χ4v) is 2.17. The third kappa shape index (κ3) is 4.33. The van der Waals surface area contributed by atoms with Gasteiger partial charge in [0, 0.05) is 13.2 Å². The van der Waals surface area contributed by atoms with Crippen LogP contribution in [0.1, 0.15) is 13.8 Å². The molecule has 0 fully saturated rings. The molecule has 0 amide bonds. The van der Waals surface area contributed by atoms with Gasteiger partial charge in [-0.15, -0.1) is 0 Å². The van der Waals surface area contributed by atoms with Crippen LogP contribution in [0.3, 0.4) is 0 Å². The third-order valence-electron chi connectivity index (χ3n) is 2.22. The zero-order valence-corrected chi connectivity index (χ0v) is 10.8. The van der Waals surface area contributed by atoms with Crippen LogP contribution in [-0.4, -0.2) is 27.7 Å². The van der Waals surface area contributed by atoms with E-state index in [0.717, 1.165) is 0 Å². The van der Waals surface area contributed by atoms with Gasteiger partial charge in [0.05, 0.1) is 11.8 Å². The fraction of sp³-hybridized carbons (Fsp3) is 0.455. The van der Waals surface area contributed by atoms with Gasteiger partial charge in [0.15, 0.2) is 0 Å². The van der Waals surface area contributed by atoms with E-state index in [2.05, 4.69) is 5.32 Å². The van der Waals surface area contributed by atoms with Gasteiger partial charge < -0.3 is 10.1 Å². The molecule has 0 aliphatic rings. The number of anilines is 1. The maximum Gasteiger partial charge on any atom is 0.240 e. The first-order chi connectivity index (χ1) is 7.95. The molecule has 0 aromatic heterocycles. The summed E-state index contributed by atoms with van der Waals surface area (Å²) in [5.41, 5.74) is 0.501. The molecule has 0 bridgehead atoms. The van der Waals surface area contributed by atoms with Crippen molar-refractivity contribution in [2.24, 2.45) is 5.14 Å². The summed E-state index contributed by atoms with van der Waals surface area (Å²) >= 11 is 0. The van der Waals surface area contributed by atoms with E-state index in [9.17, 15) is 8.42 Å². The lowest BCUT2D eigenvalue weighted by Gasteiger charge is -2.15. The standard InChI is InChI=1S/C11H18N2O3S/c1-3-16-9(2)8-13-10-6-4-5-7-11(10)17(12,14)15/h4-7,9,13H,3,8H2,1-2H3,(H2,12,14,15). The average Bonchev–Trinajstić information content (AvgIpc) is 2.26. The molecule has 1 aromatic carbocycles. The van der Waals surface area contributed by atoms with Crippen LogP contribution >= 0.6 is 0 Å².